The lowest BCUT2D eigenvalue weighted by atomic mass is 9.77. The smallest absolute Gasteiger partial charge is 0.139 e. The number of anilines is 6. The maximum Gasteiger partial charge on any atom is 0.139 e. The van der Waals surface area contributed by atoms with Gasteiger partial charge < -0.3 is 18.6 Å². The molecule has 0 spiro atoms. The molecule has 0 saturated heterocycles. The van der Waals surface area contributed by atoms with Crippen LogP contribution in [0.1, 0.15) is 52.7 Å². The number of furan rings is 2. The van der Waals surface area contributed by atoms with Gasteiger partial charge in [0.05, 0.1) is 64.6 Å². The summed E-state index contributed by atoms with van der Waals surface area (Å²) in [7, 11) is -13.9. The highest BCUT2D eigenvalue weighted by Gasteiger charge is 2.35. The van der Waals surface area contributed by atoms with E-state index in [4.69, 9.17) is 8.83 Å². The molecule has 4 nitrogen and oxygen atoms in total. The summed E-state index contributed by atoms with van der Waals surface area (Å²) in [5.74, 6) is 0. The van der Waals surface area contributed by atoms with Gasteiger partial charge in [-0.1, -0.05) is 264 Å². The largest absolute Gasteiger partial charge is 0.456 e. The Morgan fingerprint density at radius 2 is 0.444 bits per heavy atom. The maximum absolute atomic E-state index is 7.52. The van der Waals surface area contributed by atoms with Gasteiger partial charge in [-0.05, 0) is 107 Å². The Bertz CT molecular complexity index is 3910. The van der Waals surface area contributed by atoms with Gasteiger partial charge in [-0.25, -0.2) is 0 Å². The van der Waals surface area contributed by atoms with Crippen molar-refractivity contribution in [3.63, 3.8) is 0 Å². The summed E-state index contributed by atoms with van der Waals surface area (Å²) >= 11 is 0. The van der Waals surface area contributed by atoms with Crippen molar-refractivity contribution >= 4 is 195 Å². The van der Waals surface area contributed by atoms with Crippen LogP contribution in [0.5, 0.6) is 0 Å². The van der Waals surface area contributed by atoms with Crippen LogP contribution in [0.4, 0.5) is 34.1 Å². The molecule has 2 heterocycles. The van der Waals surface area contributed by atoms with Crippen LogP contribution in [0, 0.1) is 0 Å². The van der Waals surface area contributed by atoms with E-state index < -0.39 is 64.6 Å². The molecule has 0 amide bonds. The average Bonchev–Trinajstić information content (AvgIpc) is 1.48. The summed E-state index contributed by atoms with van der Waals surface area (Å²) in [5, 5.41) is 19.1. The predicted octanol–water partition coefficient (Wildman–Crippen LogP) is 20.5. The van der Waals surface area contributed by atoms with Crippen molar-refractivity contribution < 1.29 is 8.83 Å². The van der Waals surface area contributed by atoms with E-state index in [1.165, 1.54) is 86.1 Å². The van der Waals surface area contributed by atoms with Crippen LogP contribution in [0.3, 0.4) is 0 Å². The zero-order chi connectivity index (χ0) is 66.7. The fourth-order valence-corrected chi connectivity index (χ4v) is 23.0. The van der Waals surface area contributed by atoms with Crippen molar-refractivity contribution in [2.75, 3.05) is 9.80 Å². The van der Waals surface area contributed by atoms with E-state index in [0.29, 0.717) is 0 Å². The molecule has 12 heteroatoms. The minimum atomic E-state index is -1.74. The topological polar surface area (TPSA) is 32.8 Å². The fourth-order valence-electron chi connectivity index (χ4n) is 13.1. The van der Waals surface area contributed by atoms with Gasteiger partial charge in [-0.15, -0.1) is 0 Å². The first-order valence-electron chi connectivity index (χ1n) is 33.5. The lowest BCUT2D eigenvalue weighted by Gasteiger charge is -2.32. The van der Waals surface area contributed by atoms with E-state index in [9.17, 15) is 0 Å². The molecule has 0 N–H and O–H groups in total. The third kappa shape index (κ3) is 13.3. The summed E-state index contributed by atoms with van der Waals surface area (Å²) in [5.41, 5.74) is 13.0. The summed E-state index contributed by atoms with van der Waals surface area (Å²) in [4.78, 5) is 5.20. The molecule has 0 unspecified atom stereocenters. The van der Waals surface area contributed by atoms with Crippen molar-refractivity contribution in [3.05, 3.63) is 132 Å². The second-order valence-electron chi connectivity index (χ2n) is 37.2. The van der Waals surface area contributed by atoms with Crippen molar-refractivity contribution in [1.29, 1.82) is 0 Å². The highest BCUT2D eigenvalue weighted by atomic mass is 28.3. The molecule has 90 heavy (non-hydrogen) atoms. The maximum atomic E-state index is 7.52. The molecule has 0 saturated carbocycles. The van der Waals surface area contributed by atoms with E-state index >= 15 is 0 Å². The van der Waals surface area contributed by atoms with Crippen molar-refractivity contribution in [2.24, 2.45) is 0 Å². The Kier molecular flexibility index (Phi) is 16.8. The molecule has 0 fully saturated rings. The highest BCUT2D eigenvalue weighted by Crippen LogP contribution is 2.50. The van der Waals surface area contributed by atoms with Crippen molar-refractivity contribution in [1.82, 2.24) is 0 Å². The van der Waals surface area contributed by atoms with E-state index in [2.05, 4.69) is 330 Å². The van der Waals surface area contributed by atoms with Crippen LogP contribution in [0.15, 0.2) is 130 Å². The predicted molar refractivity (Wildman–Crippen MR) is 429 cm³/mol. The number of benzene rings is 8. The number of rotatable bonds is 14. The second-order valence-corrected chi connectivity index (χ2v) is 77.8. The Hall–Kier alpha value is -5.04. The first-order valence-corrected chi connectivity index (χ1v) is 61.5. The average molecular weight is 1330 g/mol. The van der Waals surface area contributed by atoms with Gasteiger partial charge in [0.2, 0.25) is 0 Å². The van der Waals surface area contributed by atoms with Gasteiger partial charge in [0.1, 0.15) is 22.3 Å². The second kappa shape index (κ2) is 22.3. The van der Waals surface area contributed by atoms with E-state index in [-0.39, 0.29) is 10.8 Å². The molecule has 476 valence electrons. The van der Waals surface area contributed by atoms with Crippen LogP contribution in [-0.4, -0.2) is 64.6 Å². The lowest BCUT2D eigenvalue weighted by molar-refractivity contribution is 0.573. The highest BCUT2D eigenvalue weighted by molar-refractivity contribution is 6.94. The van der Waals surface area contributed by atoms with Crippen LogP contribution in [0.2, 0.25) is 157 Å². The molecule has 0 aliphatic carbocycles. The zero-order valence-corrected chi connectivity index (χ0v) is 69.3. The molecular weight excluding hydrogens is 1220 g/mol. The first-order chi connectivity index (χ1) is 40.9. The van der Waals surface area contributed by atoms with Gasteiger partial charge in [0.25, 0.3) is 0 Å². The first kappa shape index (κ1) is 67.8. The summed E-state index contributed by atoms with van der Waals surface area (Å²) in [6.45, 7) is 74.3. The number of nitrogens with zero attached hydrogens (tertiary/aromatic N) is 2. The van der Waals surface area contributed by atoms with Gasteiger partial charge in [-0.2, -0.15) is 0 Å². The molecule has 0 aliphatic rings. The van der Waals surface area contributed by atoms with E-state index in [0.717, 1.165) is 55.3 Å². The third-order valence-corrected chi connectivity index (χ3v) is 35.1. The number of hydrogen-bond donors (Lipinski definition) is 0. The van der Waals surface area contributed by atoms with Crippen LogP contribution >= 0.6 is 0 Å². The van der Waals surface area contributed by atoms with Gasteiger partial charge in [0.15, 0.2) is 0 Å². The standard InChI is InChI=1S/C78H110N2O2Si8/c1-77(2,3)73-67-49-70-66-34-32-52(80(55-39-61(87(19,20)21)47-62(40-55)88(22,23)24)56-41-63(89(25,26)27)48-64(42-56)90(28,29)30)44-72(66)82-76(70)74(78(4,5)6)68(67)50-69-65-33-31-51(43-71(65)81-75(69)73)79(53-35-57(83(7,8)9)45-58(36-53)84(10,11)12)54-37-59(85(13,14)15)46-60(38-54)86(16,17)18/h31-50H,1-30H3. The van der Waals surface area contributed by atoms with E-state index in [1.54, 1.807) is 0 Å². The van der Waals surface area contributed by atoms with Crippen LogP contribution in [0.25, 0.3) is 54.6 Å². The molecular formula is C78H110N2O2Si8. The molecule has 8 aromatic carbocycles. The Labute approximate surface area is 551 Å². The van der Waals surface area contributed by atoms with Crippen molar-refractivity contribution in [3.8, 4) is 0 Å². The van der Waals surface area contributed by atoms with Gasteiger partial charge in [-0.3, -0.25) is 0 Å². The SMILES string of the molecule is CC(C)(C)c1c2cc3c(oc4cc(N(c5cc([Si](C)(C)C)cc([Si](C)(C)C)c5)c5cc([Si](C)(C)C)cc([Si](C)(C)C)c5)ccc43)c(C(C)(C)C)c2cc2c1oc1cc(N(c3cc([Si](C)(C)C)cc([Si](C)(C)C)c3)c3cc([Si](C)(C)C)cc([Si](C)(C)C)c3)ccc12. The molecule has 2 aromatic heterocycles. The summed E-state index contributed by atoms with van der Waals surface area (Å²) in [6, 6.07) is 49.7. The van der Waals surface area contributed by atoms with Crippen LogP contribution in [-0.2, 0) is 10.8 Å². The minimum absolute atomic E-state index is 0.274. The zero-order valence-electron chi connectivity index (χ0n) is 61.3. The molecule has 0 radical (unpaired) electrons. The minimum Gasteiger partial charge on any atom is -0.456 e. The lowest BCUT2D eigenvalue weighted by Crippen LogP contribution is -2.46. The molecule has 0 atom stereocenters. The summed E-state index contributed by atoms with van der Waals surface area (Å²) in [6.07, 6.45) is 0. The van der Waals surface area contributed by atoms with E-state index in [1.807, 2.05) is 0 Å². The Morgan fingerprint density at radius 1 is 0.233 bits per heavy atom. The monoisotopic (exact) mass is 1330 g/mol. The molecule has 0 aliphatic heterocycles. The normalized spacial score (nSPS) is 13.9. The fraction of sp³-hybridized carbons (Fsp3) is 0.410. The van der Waals surface area contributed by atoms with Gasteiger partial charge in [0, 0.05) is 78.9 Å². The summed E-state index contributed by atoms with van der Waals surface area (Å²) < 4.78 is 15.0. The number of hydrogen-bond acceptors (Lipinski definition) is 4. The van der Waals surface area contributed by atoms with Gasteiger partial charge >= 0.3 is 0 Å². The Morgan fingerprint density at radius 3 is 0.633 bits per heavy atom. The molecule has 10 rings (SSSR count). The molecule has 0 bridgehead atoms. The molecule has 10 aromatic rings. The van der Waals surface area contributed by atoms with Crippen LogP contribution < -0.4 is 51.3 Å². The third-order valence-electron chi connectivity index (χ3n) is 18.9. The number of fused-ring (bicyclic) bond motifs is 7. The van der Waals surface area contributed by atoms with Crippen molar-refractivity contribution in [2.45, 2.75) is 210 Å². The quantitative estimate of drug-likeness (QED) is 0.102. The Balaban J connectivity index is 1.25.